The first-order valence-corrected chi connectivity index (χ1v) is 11.5. The molecule has 1 atom stereocenters. The van der Waals surface area contributed by atoms with E-state index < -0.39 is 0 Å². The number of fused-ring (bicyclic) bond motifs is 1. The summed E-state index contributed by atoms with van der Waals surface area (Å²) in [6, 6.07) is 15.4. The van der Waals surface area contributed by atoms with Gasteiger partial charge in [-0.25, -0.2) is 0 Å². The Kier molecular flexibility index (Phi) is 7.12. The fraction of sp³-hybridized carbons (Fsp3) is 0.360. The van der Waals surface area contributed by atoms with Gasteiger partial charge in [-0.05, 0) is 36.6 Å². The molecule has 1 aliphatic heterocycles. The second-order valence-electron chi connectivity index (χ2n) is 8.26. The molecule has 1 unspecified atom stereocenters. The number of hydrogen-bond acceptors (Lipinski definition) is 3. The van der Waals surface area contributed by atoms with Crippen molar-refractivity contribution in [3.63, 3.8) is 0 Å². The van der Waals surface area contributed by atoms with Crippen molar-refractivity contribution in [3.8, 4) is 0 Å². The van der Waals surface area contributed by atoms with E-state index in [-0.39, 0.29) is 17.9 Å². The van der Waals surface area contributed by atoms with Gasteiger partial charge in [-0.3, -0.25) is 14.5 Å². The summed E-state index contributed by atoms with van der Waals surface area (Å²) < 4.78 is 0. The molecule has 6 nitrogen and oxygen atoms in total. The lowest BCUT2D eigenvalue weighted by molar-refractivity contribution is -0.133. The van der Waals surface area contributed by atoms with Gasteiger partial charge in [0.05, 0.1) is 12.5 Å². The summed E-state index contributed by atoms with van der Waals surface area (Å²) in [6.45, 7) is 5.15. The highest BCUT2D eigenvalue weighted by Gasteiger charge is 2.27. The van der Waals surface area contributed by atoms with Crippen LogP contribution < -0.4 is 5.32 Å². The second kappa shape index (κ2) is 10.2. The van der Waals surface area contributed by atoms with Crippen molar-refractivity contribution in [2.24, 2.45) is 0 Å². The fourth-order valence-electron chi connectivity index (χ4n) is 4.25. The first-order valence-electron chi connectivity index (χ1n) is 11.1. The van der Waals surface area contributed by atoms with Crippen LogP contribution in [0.3, 0.4) is 0 Å². The molecule has 4 rings (SSSR count). The van der Waals surface area contributed by atoms with Crippen LogP contribution in [-0.2, 0) is 22.4 Å². The van der Waals surface area contributed by atoms with Crippen LogP contribution in [0, 0.1) is 0 Å². The molecular formula is C25H29ClN4O2. The second-order valence-corrected chi connectivity index (χ2v) is 8.67. The van der Waals surface area contributed by atoms with Crippen LogP contribution in [-0.4, -0.2) is 65.4 Å². The van der Waals surface area contributed by atoms with Gasteiger partial charge in [0, 0.05) is 54.8 Å². The maximum Gasteiger partial charge on any atom is 0.237 e. The number of benzene rings is 2. The lowest BCUT2D eigenvalue weighted by Crippen LogP contribution is -2.55. The van der Waals surface area contributed by atoms with Crippen molar-refractivity contribution in [1.82, 2.24) is 20.1 Å². The van der Waals surface area contributed by atoms with Crippen LogP contribution in [0.15, 0.2) is 54.7 Å². The number of halogens is 1. The van der Waals surface area contributed by atoms with E-state index in [1.54, 1.807) is 6.07 Å². The predicted molar refractivity (Wildman–Crippen MR) is 128 cm³/mol. The molecule has 1 aromatic heterocycles. The number of amides is 2. The van der Waals surface area contributed by atoms with E-state index in [0.717, 1.165) is 17.5 Å². The molecule has 2 heterocycles. The van der Waals surface area contributed by atoms with Crippen LogP contribution in [0.1, 0.15) is 18.1 Å². The number of carbonyl (C=O) groups is 2. The molecule has 2 N–H and O–H groups in total. The summed E-state index contributed by atoms with van der Waals surface area (Å²) in [5.74, 6) is 0.106. The van der Waals surface area contributed by atoms with Crippen molar-refractivity contribution >= 4 is 34.3 Å². The lowest BCUT2D eigenvalue weighted by Gasteiger charge is -2.37. The van der Waals surface area contributed by atoms with Gasteiger partial charge < -0.3 is 15.2 Å². The number of aromatic amines is 1. The van der Waals surface area contributed by atoms with Crippen molar-refractivity contribution in [2.75, 3.05) is 32.7 Å². The zero-order chi connectivity index (χ0) is 22.5. The van der Waals surface area contributed by atoms with E-state index in [1.807, 2.05) is 48.4 Å². The number of H-pyrrole nitrogens is 1. The Hall–Kier alpha value is -2.83. The molecule has 3 aromatic rings. The Bertz CT molecular complexity index is 1090. The Morgan fingerprint density at radius 1 is 1.03 bits per heavy atom. The van der Waals surface area contributed by atoms with E-state index >= 15 is 0 Å². The molecule has 0 bridgehead atoms. The van der Waals surface area contributed by atoms with Gasteiger partial charge in [0.2, 0.25) is 11.8 Å². The number of aromatic nitrogens is 1. The molecule has 32 heavy (non-hydrogen) atoms. The first-order chi connectivity index (χ1) is 15.5. The minimum absolute atomic E-state index is 0.0284. The molecule has 0 spiro atoms. The normalized spacial score (nSPS) is 15.6. The lowest BCUT2D eigenvalue weighted by atomic mass is 10.1. The number of nitrogens with zero attached hydrogens (tertiary/aromatic N) is 2. The summed E-state index contributed by atoms with van der Waals surface area (Å²) in [6.07, 6.45) is 3.11. The maximum absolute atomic E-state index is 12.7. The van der Waals surface area contributed by atoms with E-state index in [0.29, 0.717) is 44.2 Å². The van der Waals surface area contributed by atoms with Crippen molar-refractivity contribution in [2.45, 2.75) is 25.8 Å². The van der Waals surface area contributed by atoms with Gasteiger partial charge in [-0.1, -0.05) is 48.0 Å². The van der Waals surface area contributed by atoms with Crippen LogP contribution >= 0.6 is 11.6 Å². The Labute approximate surface area is 193 Å². The van der Waals surface area contributed by atoms with Crippen LogP contribution in [0.25, 0.3) is 10.9 Å². The van der Waals surface area contributed by atoms with E-state index in [4.69, 9.17) is 11.6 Å². The van der Waals surface area contributed by atoms with E-state index in [2.05, 4.69) is 27.3 Å². The molecule has 1 aliphatic rings. The summed E-state index contributed by atoms with van der Waals surface area (Å²) in [5.41, 5.74) is 3.17. The number of piperazine rings is 1. The maximum atomic E-state index is 12.7. The van der Waals surface area contributed by atoms with Crippen molar-refractivity contribution < 1.29 is 9.59 Å². The van der Waals surface area contributed by atoms with Gasteiger partial charge in [0.25, 0.3) is 0 Å². The molecule has 168 valence electrons. The molecule has 0 saturated carbocycles. The van der Waals surface area contributed by atoms with Gasteiger partial charge >= 0.3 is 0 Å². The first kappa shape index (κ1) is 22.4. The molecule has 2 amide bonds. The average molecular weight is 453 g/mol. The van der Waals surface area contributed by atoms with E-state index in [1.165, 1.54) is 10.9 Å². The predicted octanol–water partition coefficient (Wildman–Crippen LogP) is 3.26. The highest BCUT2D eigenvalue weighted by molar-refractivity contribution is 6.31. The summed E-state index contributed by atoms with van der Waals surface area (Å²) in [7, 11) is 0. The van der Waals surface area contributed by atoms with Crippen LogP contribution in [0.5, 0.6) is 0 Å². The number of hydrogen-bond donors (Lipinski definition) is 2. The minimum atomic E-state index is -0.223. The molecule has 2 aromatic carbocycles. The van der Waals surface area contributed by atoms with Crippen molar-refractivity contribution in [3.05, 3.63) is 70.9 Å². The fourth-order valence-corrected chi connectivity index (χ4v) is 4.45. The number of nitrogens with one attached hydrogen (secondary N) is 2. The monoisotopic (exact) mass is 452 g/mol. The minimum Gasteiger partial charge on any atom is -0.361 e. The summed E-state index contributed by atoms with van der Waals surface area (Å²) >= 11 is 6.18. The summed E-state index contributed by atoms with van der Waals surface area (Å²) in [4.78, 5) is 32.6. The van der Waals surface area contributed by atoms with Crippen molar-refractivity contribution in [1.29, 1.82) is 0 Å². The summed E-state index contributed by atoms with van der Waals surface area (Å²) in [5, 5.41) is 4.89. The number of para-hydroxylation sites is 1. The van der Waals surface area contributed by atoms with E-state index in [9.17, 15) is 9.59 Å². The third-order valence-corrected chi connectivity index (χ3v) is 6.63. The Morgan fingerprint density at radius 2 is 1.75 bits per heavy atom. The Balaban J connectivity index is 1.22. The number of carbonyl (C=O) groups excluding carboxylic acids is 2. The Morgan fingerprint density at radius 3 is 2.53 bits per heavy atom. The molecule has 0 radical (unpaired) electrons. The highest BCUT2D eigenvalue weighted by Crippen LogP contribution is 2.18. The largest absolute Gasteiger partial charge is 0.361 e. The standard InChI is InChI=1S/C25H29ClN4O2/c1-18(25(32)27-11-10-20-17-28-23-9-5-3-7-21(20)23)29-12-14-30(15-13-29)24(31)16-19-6-2-4-8-22(19)26/h2-9,17-18,28H,10-16H2,1H3,(H,27,32). The zero-order valence-corrected chi connectivity index (χ0v) is 19.1. The number of rotatable bonds is 7. The van der Waals surface area contributed by atoms with Crippen LogP contribution in [0.4, 0.5) is 0 Å². The molecular weight excluding hydrogens is 424 g/mol. The molecule has 1 fully saturated rings. The van der Waals surface area contributed by atoms with Gasteiger partial charge in [0.1, 0.15) is 0 Å². The van der Waals surface area contributed by atoms with Gasteiger partial charge in [-0.2, -0.15) is 0 Å². The smallest absolute Gasteiger partial charge is 0.237 e. The average Bonchev–Trinajstić information content (AvgIpc) is 3.23. The third-order valence-electron chi connectivity index (χ3n) is 6.26. The highest BCUT2D eigenvalue weighted by atomic mass is 35.5. The third kappa shape index (κ3) is 5.14. The quantitative estimate of drug-likeness (QED) is 0.578. The molecule has 1 saturated heterocycles. The van der Waals surface area contributed by atoms with Gasteiger partial charge in [-0.15, -0.1) is 0 Å². The molecule has 0 aliphatic carbocycles. The van der Waals surface area contributed by atoms with Gasteiger partial charge in [0.15, 0.2) is 0 Å². The SMILES string of the molecule is CC(C(=O)NCCc1c[nH]c2ccccc12)N1CCN(C(=O)Cc2ccccc2Cl)CC1. The molecule has 7 heteroatoms. The topological polar surface area (TPSA) is 68.4 Å². The zero-order valence-electron chi connectivity index (χ0n) is 18.3. The van der Waals surface area contributed by atoms with Crippen LogP contribution in [0.2, 0.25) is 5.02 Å².